The Labute approximate surface area is 133 Å². The van der Waals surface area contributed by atoms with E-state index in [1.807, 2.05) is 34.6 Å². The molecule has 7 heteroatoms. The molecule has 1 fully saturated rings. The lowest BCUT2D eigenvalue weighted by Gasteiger charge is -2.32. The minimum Gasteiger partial charge on any atom is -0.442 e. The lowest BCUT2D eigenvalue weighted by Crippen LogP contribution is -2.41. The Morgan fingerprint density at radius 3 is 2.05 bits per heavy atom. The maximum Gasteiger partial charge on any atom is 0.491 e. The van der Waals surface area contributed by atoms with Crippen LogP contribution in [0.25, 0.3) is 0 Å². The van der Waals surface area contributed by atoms with Crippen LogP contribution in [0.15, 0.2) is 16.8 Å². The van der Waals surface area contributed by atoms with E-state index >= 15 is 0 Å². The monoisotopic (exact) mass is 310 g/mol. The smallest absolute Gasteiger partial charge is 0.442 e. The normalized spacial score (nSPS) is 20.7. The number of hydrazone groups is 1. The summed E-state index contributed by atoms with van der Waals surface area (Å²) in [5.41, 5.74) is -0.778. The number of ether oxygens (including phenoxy) is 1. The summed E-state index contributed by atoms with van der Waals surface area (Å²) < 4.78 is 17.1. The molecule has 22 heavy (non-hydrogen) atoms. The van der Waals surface area contributed by atoms with Crippen LogP contribution in [0.5, 0.6) is 0 Å². The Bertz CT molecular complexity index is 464. The highest BCUT2D eigenvalue weighted by Crippen LogP contribution is 2.38. The van der Waals surface area contributed by atoms with Gasteiger partial charge in [-0.2, -0.15) is 10.1 Å². The molecule has 0 aromatic rings. The van der Waals surface area contributed by atoms with E-state index in [9.17, 15) is 4.79 Å². The maximum absolute atomic E-state index is 12.0. The Kier molecular flexibility index (Phi) is 5.14. The van der Waals surface area contributed by atoms with Gasteiger partial charge in [-0.05, 0) is 60.9 Å². The molecule has 0 aromatic heterocycles. The Morgan fingerprint density at radius 1 is 1.23 bits per heavy atom. The van der Waals surface area contributed by atoms with Crippen LogP contribution in [0.1, 0.15) is 55.4 Å². The highest BCUT2D eigenvalue weighted by molar-refractivity contribution is 6.54. The molecule has 6 nitrogen and oxygen atoms in total. The van der Waals surface area contributed by atoms with Crippen LogP contribution in [-0.4, -0.2) is 41.7 Å². The van der Waals surface area contributed by atoms with Crippen LogP contribution in [-0.2, 0) is 14.0 Å². The predicted molar refractivity (Wildman–Crippen MR) is 87.5 cm³/mol. The number of carbonyl (C=O) groups is 1. The van der Waals surface area contributed by atoms with E-state index in [2.05, 4.69) is 11.8 Å². The molecule has 0 N–H and O–H groups in total. The Balaban J connectivity index is 2.87. The zero-order valence-electron chi connectivity index (χ0n) is 14.9. The van der Waals surface area contributed by atoms with Gasteiger partial charge in [0.15, 0.2) is 0 Å². The van der Waals surface area contributed by atoms with E-state index in [1.165, 1.54) is 6.20 Å². The number of hydrogen-bond donors (Lipinski definition) is 0. The summed E-state index contributed by atoms with van der Waals surface area (Å²) in [6.45, 7) is 18.5. The van der Waals surface area contributed by atoms with Crippen LogP contribution in [0.2, 0.25) is 0 Å². The Hall–Kier alpha value is -1.34. The summed E-state index contributed by atoms with van der Waals surface area (Å²) in [7, 11) is -0.545. The molecule has 0 atom stereocenters. The third-order valence-electron chi connectivity index (χ3n) is 3.68. The fraction of sp³-hybridized carbons (Fsp3) is 0.733. The number of amides is 1. The van der Waals surface area contributed by atoms with Gasteiger partial charge in [0, 0.05) is 12.9 Å². The van der Waals surface area contributed by atoms with Gasteiger partial charge in [-0.3, -0.25) is 0 Å². The lowest BCUT2D eigenvalue weighted by molar-refractivity contribution is 0.00578. The van der Waals surface area contributed by atoms with Gasteiger partial charge in [0.1, 0.15) is 5.60 Å². The van der Waals surface area contributed by atoms with Crippen LogP contribution in [0.3, 0.4) is 0 Å². The average Bonchev–Trinajstić information content (AvgIpc) is 2.52. The van der Waals surface area contributed by atoms with E-state index in [0.717, 1.165) is 5.01 Å². The highest BCUT2D eigenvalue weighted by Gasteiger charge is 2.51. The predicted octanol–water partition coefficient (Wildman–Crippen LogP) is 3.37. The van der Waals surface area contributed by atoms with Crippen molar-refractivity contribution in [3.05, 3.63) is 11.7 Å². The molecule has 0 spiro atoms. The van der Waals surface area contributed by atoms with Crippen molar-refractivity contribution in [2.75, 3.05) is 0 Å². The number of nitrogens with zero attached hydrogens (tertiary/aromatic N) is 2. The largest absolute Gasteiger partial charge is 0.491 e. The molecular weight excluding hydrogens is 283 g/mol. The first-order valence-corrected chi connectivity index (χ1v) is 7.32. The minimum atomic E-state index is -0.605. The van der Waals surface area contributed by atoms with Crippen molar-refractivity contribution in [2.24, 2.45) is 5.10 Å². The molecule has 124 valence electrons. The molecule has 1 rings (SSSR count). The Morgan fingerprint density at radius 2 is 1.68 bits per heavy atom. The summed E-state index contributed by atoms with van der Waals surface area (Å²) in [5, 5.41) is 4.72. The van der Waals surface area contributed by atoms with E-state index in [1.54, 1.807) is 20.8 Å². The van der Waals surface area contributed by atoms with Crippen molar-refractivity contribution >= 4 is 19.9 Å². The van der Waals surface area contributed by atoms with Gasteiger partial charge in [-0.25, -0.2) is 4.79 Å². The fourth-order valence-corrected chi connectivity index (χ4v) is 1.74. The van der Waals surface area contributed by atoms with Crippen molar-refractivity contribution in [1.29, 1.82) is 0 Å². The zero-order chi connectivity index (χ0) is 17.3. The van der Waals surface area contributed by atoms with Gasteiger partial charge in [0.25, 0.3) is 0 Å². The SMILES string of the molecule is C=NN(/C=C(\C)B1OC(C)(C)C(C)(C)O1)C(=O)OC(C)(C)C. The first kappa shape index (κ1) is 18.7. The van der Waals surface area contributed by atoms with Crippen LogP contribution < -0.4 is 0 Å². The van der Waals surface area contributed by atoms with Crippen molar-refractivity contribution in [3.63, 3.8) is 0 Å². The fourth-order valence-electron chi connectivity index (χ4n) is 1.74. The molecule has 1 aliphatic rings. The third-order valence-corrected chi connectivity index (χ3v) is 3.68. The second kappa shape index (κ2) is 6.04. The van der Waals surface area contributed by atoms with Crippen molar-refractivity contribution < 1.29 is 18.8 Å². The van der Waals surface area contributed by atoms with Crippen molar-refractivity contribution in [1.82, 2.24) is 5.01 Å². The van der Waals surface area contributed by atoms with E-state index in [0.29, 0.717) is 5.47 Å². The zero-order valence-corrected chi connectivity index (χ0v) is 14.9. The van der Waals surface area contributed by atoms with E-state index in [-0.39, 0.29) is 0 Å². The summed E-state index contributed by atoms with van der Waals surface area (Å²) in [6, 6.07) is 0. The molecule has 1 heterocycles. The number of carbonyl (C=O) groups excluding carboxylic acids is 1. The van der Waals surface area contributed by atoms with Crippen LogP contribution >= 0.6 is 0 Å². The van der Waals surface area contributed by atoms with E-state index in [4.69, 9.17) is 14.0 Å². The first-order valence-electron chi connectivity index (χ1n) is 7.32. The first-order chi connectivity index (χ1) is 9.79. The summed E-state index contributed by atoms with van der Waals surface area (Å²) >= 11 is 0. The standard InChI is InChI=1S/C15H27BN2O4/c1-11(16-21-14(5,6)15(7,8)22-16)10-18(17-9)12(19)20-13(2,3)4/h10H,9H2,1-8H3/b11-10+. The van der Waals surface area contributed by atoms with Gasteiger partial charge in [0.05, 0.1) is 11.2 Å². The molecule has 1 aliphatic heterocycles. The number of rotatable bonds is 3. The van der Waals surface area contributed by atoms with Gasteiger partial charge in [-0.15, -0.1) is 0 Å². The highest BCUT2D eigenvalue weighted by atomic mass is 16.7. The van der Waals surface area contributed by atoms with Gasteiger partial charge < -0.3 is 14.0 Å². The van der Waals surface area contributed by atoms with Crippen molar-refractivity contribution in [2.45, 2.75) is 72.2 Å². The number of allylic oxidation sites excluding steroid dienone is 1. The maximum atomic E-state index is 12.0. The molecule has 0 bridgehead atoms. The molecular formula is C15H27BN2O4. The molecule has 0 aliphatic carbocycles. The quantitative estimate of drug-likeness (QED) is 0.455. The molecule has 0 aromatic carbocycles. The van der Waals surface area contributed by atoms with E-state index < -0.39 is 30.0 Å². The summed E-state index contributed by atoms with van der Waals surface area (Å²) in [6.07, 6.45) is 0.918. The lowest BCUT2D eigenvalue weighted by atomic mass is 9.80. The minimum absolute atomic E-state index is 0.439. The molecule has 0 radical (unpaired) electrons. The second-order valence-electron chi connectivity index (χ2n) is 7.43. The van der Waals surface area contributed by atoms with Gasteiger partial charge >= 0.3 is 13.2 Å². The second-order valence-corrected chi connectivity index (χ2v) is 7.43. The molecule has 1 amide bonds. The number of hydrogen-bond acceptors (Lipinski definition) is 5. The topological polar surface area (TPSA) is 60.4 Å². The van der Waals surface area contributed by atoms with Gasteiger partial charge in [0.2, 0.25) is 0 Å². The molecule has 1 saturated heterocycles. The summed E-state index contributed by atoms with van der Waals surface area (Å²) in [4.78, 5) is 12.0. The molecule has 0 unspecified atom stereocenters. The van der Waals surface area contributed by atoms with Gasteiger partial charge in [-0.1, -0.05) is 0 Å². The van der Waals surface area contributed by atoms with Crippen LogP contribution in [0, 0.1) is 0 Å². The average molecular weight is 310 g/mol. The van der Waals surface area contributed by atoms with Crippen molar-refractivity contribution in [3.8, 4) is 0 Å². The summed E-state index contributed by atoms with van der Waals surface area (Å²) in [5.74, 6) is 0. The molecule has 0 saturated carbocycles. The van der Waals surface area contributed by atoms with Crippen LogP contribution in [0.4, 0.5) is 4.79 Å². The third kappa shape index (κ3) is 4.33.